The number of carbonyl (C=O) groups excluding carboxylic acids is 2. The highest BCUT2D eigenvalue weighted by atomic mass is 16.5. The zero-order valence-electron chi connectivity index (χ0n) is 14.4. The Morgan fingerprint density at radius 3 is 2.65 bits per heavy atom. The van der Waals surface area contributed by atoms with E-state index in [2.05, 4.69) is 5.32 Å². The van der Waals surface area contributed by atoms with E-state index in [-0.39, 0.29) is 5.91 Å². The Hall–Kier alpha value is -3.21. The van der Waals surface area contributed by atoms with E-state index in [1.807, 2.05) is 30.3 Å². The lowest BCUT2D eigenvalue weighted by atomic mass is 10.0. The van der Waals surface area contributed by atoms with Crippen LogP contribution in [0.25, 0.3) is 10.9 Å². The van der Waals surface area contributed by atoms with Crippen molar-refractivity contribution in [2.45, 2.75) is 18.8 Å². The van der Waals surface area contributed by atoms with E-state index in [0.717, 1.165) is 29.4 Å². The molecule has 3 aromatic rings. The molecule has 5 heteroatoms. The van der Waals surface area contributed by atoms with Gasteiger partial charge in [0.1, 0.15) is 0 Å². The number of pyridine rings is 1. The number of hydrogen-bond acceptors (Lipinski definition) is 4. The third kappa shape index (κ3) is 3.16. The number of carbonyl (C=O) groups is 2. The first kappa shape index (κ1) is 16.3. The number of hydrogen-bond donors (Lipinski definition) is 1. The topological polar surface area (TPSA) is 68.3 Å². The summed E-state index contributed by atoms with van der Waals surface area (Å²) in [5.41, 5.74) is 3.33. The normalized spacial score (nSPS) is 13.4. The summed E-state index contributed by atoms with van der Waals surface area (Å²) < 4.78 is 4.73. The molecule has 0 saturated heterocycles. The van der Waals surface area contributed by atoms with Gasteiger partial charge in [-0.25, -0.2) is 4.79 Å². The number of nitrogens with zero attached hydrogens (tertiary/aromatic N) is 1. The monoisotopic (exact) mass is 346 g/mol. The van der Waals surface area contributed by atoms with Crippen LogP contribution in [0, 0.1) is 0 Å². The van der Waals surface area contributed by atoms with Gasteiger partial charge in [-0.1, -0.05) is 24.3 Å². The molecule has 1 aliphatic carbocycles. The van der Waals surface area contributed by atoms with Crippen LogP contribution < -0.4 is 5.32 Å². The zero-order valence-corrected chi connectivity index (χ0v) is 14.4. The molecule has 4 rings (SSSR count). The summed E-state index contributed by atoms with van der Waals surface area (Å²) in [6.45, 7) is 0. The van der Waals surface area contributed by atoms with Crippen LogP contribution in [0.5, 0.6) is 0 Å². The Morgan fingerprint density at radius 1 is 1.08 bits per heavy atom. The molecule has 0 aliphatic heterocycles. The molecular weight excluding hydrogens is 328 g/mol. The van der Waals surface area contributed by atoms with Crippen molar-refractivity contribution in [1.82, 2.24) is 4.98 Å². The lowest BCUT2D eigenvalue weighted by molar-refractivity contribution is 0.0600. The fraction of sp³-hybridized carbons (Fsp3) is 0.190. The highest BCUT2D eigenvalue weighted by Crippen LogP contribution is 2.40. The molecule has 130 valence electrons. The van der Waals surface area contributed by atoms with Crippen LogP contribution in [0.3, 0.4) is 0 Å². The third-order valence-electron chi connectivity index (χ3n) is 4.52. The number of aromatic nitrogens is 1. The molecule has 0 unspecified atom stereocenters. The first-order chi connectivity index (χ1) is 12.7. The van der Waals surface area contributed by atoms with Crippen LogP contribution in [-0.4, -0.2) is 24.0 Å². The second-order valence-electron chi connectivity index (χ2n) is 6.41. The number of benzene rings is 2. The zero-order chi connectivity index (χ0) is 18.1. The summed E-state index contributed by atoms with van der Waals surface area (Å²) in [7, 11) is 1.33. The Labute approximate surface area is 151 Å². The fourth-order valence-corrected chi connectivity index (χ4v) is 3.01. The summed E-state index contributed by atoms with van der Waals surface area (Å²) in [5.74, 6) is -0.201. The maximum Gasteiger partial charge on any atom is 0.337 e. The van der Waals surface area contributed by atoms with Crippen molar-refractivity contribution in [3.05, 3.63) is 71.4 Å². The standard InChI is InChI=1S/C21H18N2O3/c1-26-21(25)14-5-4-6-15(11-14)22-20(24)17-12-19(13-9-10-13)23-18-8-3-2-7-16(17)18/h2-8,11-13H,9-10H2,1H3,(H,22,24). The summed E-state index contributed by atoms with van der Waals surface area (Å²) in [5, 5.41) is 3.70. The number of amides is 1. The Morgan fingerprint density at radius 2 is 1.88 bits per heavy atom. The second kappa shape index (κ2) is 6.59. The molecule has 0 bridgehead atoms. The minimum absolute atomic E-state index is 0.215. The van der Waals surface area contributed by atoms with E-state index in [0.29, 0.717) is 22.7 Å². The molecule has 5 nitrogen and oxygen atoms in total. The van der Waals surface area contributed by atoms with Gasteiger partial charge in [-0.3, -0.25) is 9.78 Å². The highest BCUT2D eigenvalue weighted by molar-refractivity contribution is 6.12. The van der Waals surface area contributed by atoms with E-state index >= 15 is 0 Å². The second-order valence-corrected chi connectivity index (χ2v) is 6.41. The molecule has 1 N–H and O–H groups in total. The molecule has 26 heavy (non-hydrogen) atoms. The smallest absolute Gasteiger partial charge is 0.337 e. The maximum absolute atomic E-state index is 12.9. The molecule has 1 saturated carbocycles. The van der Waals surface area contributed by atoms with Gasteiger partial charge in [0, 0.05) is 22.7 Å². The van der Waals surface area contributed by atoms with Gasteiger partial charge >= 0.3 is 5.97 Å². The minimum atomic E-state index is -0.438. The van der Waals surface area contributed by atoms with E-state index in [4.69, 9.17) is 9.72 Å². The van der Waals surface area contributed by atoms with Crippen molar-refractivity contribution in [2.75, 3.05) is 12.4 Å². The first-order valence-corrected chi connectivity index (χ1v) is 8.55. The molecular formula is C21H18N2O3. The van der Waals surface area contributed by atoms with Gasteiger partial charge in [-0.05, 0) is 43.2 Å². The van der Waals surface area contributed by atoms with Crippen molar-refractivity contribution in [3.63, 3.8) is 0 Å². The van der Waals surface area contributed by atoms with Gasteiger partial charge in [-0.15, -0.1) is 0 Å². The van der Waals surface area contributed by atoms with Gasteiger partial charge in [0.2, 0.25) is 0 Å². The van der Waals surface area contributed by atoms with Crippen molar-refractivity contribution < 1.29 is 14.3 Å². The van der Waals surface area contributed by atoms with Gasteiger partial charge in [0.15, 0.2) is 0 Å². The Balaban J connectivity index is 1.69. The Bertz CT molecular complexity index is 1010. The van der Waals surface area contributed by atoms with Crippen molar-refractivity contribution in [3.8, 4) is 0 Å². The third-order valence-corrected chi connectivity index (χ3v) is 4.52. The molecule has 1 fully saturated rings. The number of para-hydroxylation sites is 1. The van der Waals surface area contributed by atoms with Gasteiger partial charge in [-0.2, -0.15) is 0 Å². The van der Waals surface area contributed by atoms with Crippen LogP contribution in [0.2, 0.25) is 0 Å². The lowest BCUT2D eigenvalue weighted by Gasteiger charge is -2.11. The summed E-state index contributed by atoms with van der Waals surface area (Å²) in [6.07, 6.45) is 2.24. The summed E-state index contributed by atoms with van der Waals surface area (Å²) >= 11 is 0. The SMILES string of the molecule is COC(=O)c1cccc(NC(=O)c2cc(C3CC3)nc3ccccc23)c1. The lowest BCUT2D eigenvalue weighted by Crippen LogP contribution is -2.14. The maximum atomic E-state index is 12.9. The van der Waals surface area contributed by atoms with Crippen LogP contribution >= 0.6 is 0 Å². The number of methoxy groups -OCH3 is 1. The summed E-state index contributed by atoms with van der Waals surface area (Å²) in [4.78, 5) is 29.3. The number of nitrogens with one attached hydrogen (secondary N) is 1. The van der Waals surface area contributed by atoms with E-state index < -0.39 is 5.97 Å². The van der Waals surface area contributed by atoms with Gasteiger partial charge < -0.3 is 10.1 Å². The fourth-order valence-electron chi connectivity index (χ4n) is 3.01. The molecule has 2 aromatic carbocycles. The number of rotatable bonds is 4. The largest absolute Gasteiger partial charge is 0.465 e. The first-order valence-electron chi connectivity index (χ1n) is 8.55. The predicted octanol–water partition coefficient (Wildman–Crippen LogP) is 4.15. The van der Waals surface area contributed by atoms with Gasteiger partial charge in [0.05, 0.1) is 23.8 Å². The quantitative estimate of drug-likeness (QED) is 0.721. The molecule has 0 atom stereocenters. The van der Waals surface area contributed by atoms with Crippen LogP contribution in [0.1, 0.15) is 45.2 Å². The van der Waals surface area contributed by atoms with E-state index in [9.17, 15) is 9.59 Å². The number of esters is 1. The minimum Gasteiger partial charge on any atom is -0.465 e. The number of anilines is 1. The summed E-state index contributed by atoms with van der Waals surface area (Å²) in [6, 6.07) is 16.2. The van der Waals surface area contributed by atoms with Crippen LogP contribution in [-0.2, 0) is 4.74 Å². The van der Waals surface area contributed by atoms with Crippen molar-refractivity contribution in [1.29, 1.82) is 0 Å². The molecule has 1 aromatic heterocycles. The van der Waals surface area contributed by atoms with Crippen LogP contribution in [0.4, 0.5) is 5.69 Å². The van der Waals surface area contributed by atoms with Crippen molar-refractivity contribution in [2.24, 2.45) is 0 Å². The van der Waals surface area contributed by atoms with Crippen molar-refractivity contribution >= 4 is 28.5 Å². The molecule has 1 heterocycles. The van der Waals surface area contributed by atoms with Gasteiger partial charge in [0.25, 0.3) is 5.91 Å². The highest BCUT2D eigenvalue weighted by Gasteiger charge is 2.27. The predicted molar refractivity (Wildman–Crippen MR) is 99.5 cm³/mol. The van der Waals surface area contributed by atoms with E-state index in [1.54, 1.807) is 24.3 Å². The average Bonchev–Trinajstić information content (AvgIpc) is 3.52. The number of fused-ring (bicyclic) bond motifs is 1. The molecule has 1 amide bonds. The number of ether oxygens (including phenoxy) is 1. The molecule has 0 spiro atoms. The molecule has 0 radical (unpaired) electrons. The van der Waals surface area contributed by atoms with E-state index in [1.165, 1.54) is 7.11 Å². The average molecular weight is 346 g/mol. The molecule has 1 aliphatic rings. The Kier molecular flexibility index (Phi) is 4.13. The van der Waals surface area contributed by atoms with Crippen LogP contribution in [0.15, 0.2) is 54.6 Å².